The van der Waals surface area contributed by atoms with Crippen LogP contribution in [0.5, 0.6) is 0 Å². The standard InChI is InChI=1S/C19H18ClF3N4O2.CH2O2/c1-10-5-11(20)7-25-16(10)17(28)26-12-3-4-14(21)13(6-12)18(2)19(22,23)9-29-8-15(24)27-18;2-1-3/h3-7H,8-9H2,1-2H3,(H2,24,27)(H,26,28);1H,(H,2,3). The number of carbonyl (C=O) groups excluding carboxylic acids is 1. The summed E-state index contributed by atoms with van der Waals surface area (Å²) in [5, 5.41) is 9.78. The summed E-state index contributed by atoms with van der Waals surface area (Å²) in [4.78, 5) is 28.7. The summed E-state index contributed by atoms with van der Waals surface area (Å²) < 4.78 is 48.9. The third-order valence-electron chi connectivity index (χ3n) is 4.62. The Morgan fingerprint density at radius 1 is 1.38 bits per heavy atom. The van der Waals surface area contributed by atoms with E-state index < -0.39 is 35.4 Å². The minimum atomic E-state index is -3.54. The van der Waals surface area contributed by atoms with Gasteiger partial charge in [0.1, 0.15) is 30.6 Å². The number of amides is 1. The van der Waals surface area contributed by atoms with Crippen LogP contribution in [-0.2, 0) is 15.1 Å². The number of carboxylic acid groups (broad SMARTS) is 1. The first-order chi connectivity index (χ1) is 14.9. The zero-order valence-electron chi connectivity index (χ0n) is 17.0. The second kappa shape index (κ2) is 9.96. The van der Waals surface area contributed by atoms with Crippen molar-refractivity contribution in [2.45, 2.75) is 25.3 Å². The number of anilines is 1. The Bertz CT molecular complexity index is 1050. The van der Waals surface area contributed by atoms with E-state index in [4.69, 9.17) is 32.0 Å². The van der Waals surface area contributed by atoms with Gasteiger partial charge >= 0.3 is 0 Å². The van der Waals surface area contributed by atoms with Gasteiger partial charge in [-0.05, 0) is 43.7 Å². The number of nitrogens with one attached hydrogen (secondary N) is 1. The number of halogens is 4. The summed E-state index contributed by atoms with van der Waals surface area (Å²) in [5.41, 5.74) is 3.61. The van der Waals surface area contributed by atoms with Gasteiger partial charge in [0.25, 0.3) is 18.3 Å². The maximum absolute atomic E-state index is 14.7. The van der Waals surface area contributed by atoms with E-state index >= 15 is 0 Å². The number of rotatable bonds is 3. The highest BCUT2D eigenvalue weighted by atomic mass is 35.5. The molecule has 1 atom stereocenters. The minimum absolute atomic E-state index is 0.0958. The number of nitrogens with zero attached hydrogens (tertiary/aromatic N) is 2. The van der Waals surface area contributed by atoms with Crippen molar-refractivity contribution in [2.75, 3.05) is 18.5 Å². The largest absolute Gasteiger partial charge is 0.483 e. The first-order valence-electron chi connectivity index (χ1n) is 9.06. The fourth-order valence-electron chi connectivity index (χ4n) is 3.03. The van der Waals surface area contributed by atoms with Crippen LogP contribution in [0.25, 0.3) is 0 Å². The molecule has 0 saturated heterocycles. The normalized spacial score (nSPS) is 19.6. The molecule has 0 saturated carbocycles. The number of pyridine rings is 1. The summed E-state index contributed by atoms with van der Waals surface area (Å²) in [6, 6.07) is 4.90. The first-order valence-corrected chi connectivity index (χ1v) is 9.44. The second-order valence-electron chi connectivity index (χ2n) is 6.95. The van der Waals surface area contributed by atoms with Crippen molar-refractivity contribution < 1.29 is 32.6 Å². The molecule has 0 spiro atoms. The Hall–Kier alpha value is -3.18. The molecule has 1 unspecified atom stereocenters. The van der Waals surface area contributed by atoms with Crippen molar-refractivity contribution in [3.8, 4) is 0 Å². The summed E-state index contributed by atoms with van der Waals surface area (Å²) in [6.07, 6.45) is 1.31. The Morgan fingerprint density at radius 2 is 2.03 bits per heavy atom. The number of aromatic nitrogens is 1. The van der Waals surface area contributed by atoms with Crippen molar-refractivity contribution in [2.24, 2.45) is 10.7 Å². The fourth-order valence-corrected chi connectivity index (χ4v) is 3.24. The van der Waals surface area contributed by atoms with E-state index in [-0.39, 0.29) is 30.3 Å². The lowest BCUT2D eigenvalue weighted by atomic mass is 9.85. The quantitative estimate of drug-likeness (QED) is 0.588. The van der Waals surface area contributed by atoms with Gasteiger partial charge in [0.05, 0.1) is 5.02 Å². The van der Waals surface area contributed by atoms with Gasteiger partial charge in [-0.2, -0.15) is 0 Å². The van der Waals surface area contributed by atoms with Crippen molar-refractivity contribution in [1.82, 2.24) is 4.98 Å². The highest BCUT2D eigenvalue weighted by Gasteiger charge is 2.54. The molecule has 12 heteroatoms. The van der Waals surface area contributed by atoms with E-state index in [9.17, 15) is 18.0 Å². The SMILES string of the molecule is Cc1cc(Cl)cnc1C(=O)Nc1ccc(F)c(C2(C)N=C(N)COCC2(F)F)c1.O=CO. The van der Waals surface area contributed by atoms with Crippen LogP contribution in [0, 0.1) is 12.7 Å². The molecule has 2 aromatic rings. The van der Waals surface area contributed by atoms with Crippen molar-refractivity contribution in [1.29, 1.82) is 0 Å². The zero-order valence-corrected chi connectivity index (χ0v) is 17.8. The van der Waals surface area contributed by atoms with E-state index in [1.54, 1.807) is 13.0 Å². The molecule has 0 aliphatic carbocycles. The highest BCUT2D eigenvalue weighted by molar-refractivity contribution is 6.30. The lowest BCUT2D eigenvalue weighted by molar-refractivity contribution is -0.122. The molecule has 1 aliphatic rings. The van der Waals surface area contributed by atoms with Crippen LogP contribution in [0.15, 0.2) is 35.5 Å². The van der Waals surface area contributed by atoms with Crippen LogP contribution in [0.3, 0.4) is 0 Å². The van der Waals surface area contributed by atoms with Gasteiger partial charge in [-0.15, -0.1) is 0 Å². The monoisotopic (exact) mass is 472 g/mol. The summed E-state index contributed by atoms with van der Waals surface area (Å²) in [7, 11) is 0. The number of hydrogen-bond donors (Lipinski definition) is 3. The smallest absolute Gasteiger partial charge is 0.299 e. The molecule has 3 rings (SSSR count). The summed E-state index contributed by atoms with van der Waals surface area (Å²) >= 11 is 5.83. The predicted octanol–water partition coefficient (Wildman–Crippen LogP) is 3.37. The number of benzene rings is 1. The van der Waals surface area contributed by atoms with Gasteiger partial charge in [0.15, 0.2) is 5.54 Å². The lowest BCUT2D eigenvalue weighted by Gasteiger charge is -2.33. The Balaban J connectivity index is 0.00000114. The molecule has 1 amide bonds. The van der Waals surface area contributed by atoms with Crippen molar-refractivity contribution >= 4 is 35.5 Å². The number of ether oxygens (including phenoxy) is 1. The fraction of sp³-hybridized carbons (Fsp3) is 0.300. The van der Waals surface area contributed by atoms with E-state index in [1.165, 1.54) is 12.3 Å². The molecule has 1 aromatic heterocycles. The number of hydrogen-bond acceptors (Lipinski definition) is 6. The molecule has 8 nitrogen and oxygen atoms in total. The maximum Gasteiger partial charge on any atom is 0.299 e. The molecule has 1 aliphatic heterocycles. The van der Waals surface area contributed by atoms with Gasteiger partial charge in [0.2, 0.25) is 0 Å². The van der Waals surface area contributed by atoms with Gasteiger partial charge in [-0.1, -0.05) is 11.6 Å². The number of carbonyl (C=O) groups is 2. The molecule has 0 bridgehead atoms. The molecule has 32 heavy (non-hydrogen) atoms. The van der Waals surface area contributed by atoms with Gasteiger partial charge in [-0.25, -0.2) is 18.2 Å². The first kappa shape index (κ1) is 25.1. The number of alkyl halides is 2. The van der Waals surface area contributed by atoms with E-state index in [0.717, 1.165) is 19.1 Å². The predicted molar refractivity (Wildman–Crippen MR) is 112 cm³/mol. The topological polar surface area (TPSA) is 127 Å². The van der Waals surface area contributed by atoms with Gasteiger partial charge < -0.3 is 20.9 Å². The zero-order chi connectivity index (χ0) is 24.1. The number of nitrogens with two attached hydrogens (primary N) is 1. The molecule has 1 aromatic carbocycles. The van der Waals surface area contributed by atoms with E-state index in [0.29, 0.717) is 10.6 Å². The Kier molecular flexibility index (Phi) is 7.81. The van der Waals surface area contributed by atoms with E-state index in [1.807, 2.05) is 0 Å². The van der Waals surface area contributed by atoms with Gasteiger partial charge in [-0.3, -0.25) is 14.6 Å². The maximum atomic E-state index is 14.7. The van der Waals surface area contributed by atoms with Gasteiger partial charge in [0, 0.05) is 17.4 Å². The number of amidine groups is 1. The molecular formula is C20H20ClF3N4O4. The molecular weight excluding hydrogens is 453 g/mol. The Labute approximate surface area is 186 Å². The van der Waals surface area contributed by atoms with Crippen LogP contribution >= 0.6 is 11.6 Å². The molecule has 2 heterocycles. The average molecular weight is 473 g/mol. The highest BCUT2D eigenvalue weighted by Crippen LogP contribution is 2.44. The molecule has 172 valence electrons. The third-order valence-corrected chi connectivity index (χ3v) is 4.83. The van der Waals surface area contributed by atoms with Crippen LogP contribution in [-0.4, -0.2) is 47.4 Å². The summed E-state index contributed by atoms with van der Waals surface area (Å²) in [5.74, 6) is -5.23. The second-order valence-corrected chi connectivity index (χ2v) is 7.38. The van der Waals surface area contributed by atoms with Crippen molar-refractivity contribution in [3.63, 3.8) is 0 Å². The molecule has 4 N–H and O–H groups in total. The summed E-state index contributed by atoms with van der Waals surface area (Å²) in [6.45, 7) is 1.21. The van der Waals surface area contributed by atoms with Crippen LogP contribution < -0.4 is 11.1 Å². The van der Waals surface area contributed by atoms with Crippen LogP contribution in [0.1, 0.15) is 28.5 Å². The lowest BCUT2D eigenvalue weighted by Crippen LogP contribution is -2.45. The number of aliphatic imine (C=N–C) groups is 1. The molecule has 0 fully saturated rings. The van der Waals surface area contributed by atoms with Crippen molar-refractivity contribution in [3.05, 3.63) is 58.1 Å². The average Bonchev–Trinajstić information content (AvgIpc) is 2.79. The molecule has 0 radical (unpaired) electrons. The number of aryl methyl sites for hydroxylation is 1. The van der Waals surface area contributed by atoms with E-state index in [2.05, 4.69) is 15.3 Å². The Morgan fingerprint density at radius 3 is 2.66 bits per heavy atom. The van der Waals surface area contributed by atoms with Crippen LogP contribution in [0.4, 0.5) is 18.9 Å². The minimum Gasteiger partial charge on any atom is -0.483 e. The van der Waals surface area contributed by atoms with Crippen LogP contribution in [0.2, 0.25) is 5.02 Å². The third kappa shape index (κ3) is 5.35.